The molecule has 0 saturated carbocycles. The predicted octanol–water partition coefficient (Wildman–Crippen LogP) is 4.01. The zero-order chi connectivity index (χ0) is 18.7. The smallest absolute Gasteiger partial charge is 0.256 e. The van der Waals surface area contributed by atoms with Crippen molar-refractivity contribution in [2.45, 2.75) is 10.1 Å². The summed E-state index contributed by atoms with van der Waals surface area (Å²) in [6, 6.07) is 12.3. The first-order valence-electron chi connectivity index (χ1n) is 7.70. The number of rotatable bonds is 7. The van der Waals surface area contributed by atoms with Crippen molar-refractivity contribution in [1.29, 1.82) is 0 Å². The molecule has 3 rings (SSSR count). The quantitative estimate of drug-likeness (QED) is 0.394. The molecule has 0 N–H and O–H groups in total. The number of hydrogen-bond acceptors (Lipinski definition) is 6. The second kappa shape index (κ2) is 7.99. The Morgan fingerprint density at radius 3 is 2.77 bits per heavy atom. The van der Waals surface area contributed by atoms with Crippen molar-refractivity contribution in [3.8, 4) is 5.75 Å². The average Bonchev–Trinajstić information content (AvgIpc) is 3.00. The van der Waals surface area contributed by atoms with Crippen LogP contribution in [-0.2, 0) is 10.0 Å². The highest BCUT2D eigenvalue weighted by Gasteiger charge is 2.19. The minimum absolute atomic E-state index is 0.192. The van der Waals surface area contributed by atoms with Gasteiger partial charge >= 0.3 is 0 Å². The van der Waals surface area contributed by atoms with Gasteiger partial charge in [0.05, 0.1) is 11.5 Å². The van der Waals surface area contributed by atoms with Gasteiger partial charge in [-0.05, 0) is 36.4 Å². The van der Waals surface area contributed by atoms with E-state index >= 15 is 0 Å². The van der Waals surface area contributed by atoms with Crippen LogP contribution in [0, 0.1) is 0 Å². The highest BCUT2D eigenvalue weighted by molar-refractivity contribution is 9.10. The molecule has 1 heterocycles. The summed E-state index contributed by atoms with van der Waals surface area (Å²) in [7, 11) is -0.503. The molecule has 3 aromatic rings. The molecule has 1 aromatic heterocycles. The van der Waals surface area contributed by atoms with Gasteiger partial charge in [-0.1, -0.05) is 33.8 Å². The Hall–Kier alpha value is -1.55. The number of benzene rings is 2. The van der Waals surface area contributed by atoms with Crippen LogP contribution >= 0.6 is 27.7 Å². The van der Waals surface area contributed by atoms with Gasteiger partial charge < -0.3 is 9.15 Å². The number of thioether (sulfide) groups is 1. The summed E-state index contributed by atoms with van der Waals surface area (Å²) in [5, 5.41) is 0.484. The number of fused-ring (bicyclic) bond motifs is 1. The number of halogens is 1. The van der Waals surface area contributed by atoms with Crippen LogP contribution < -0.4 is 4.74 Å². The second-order valence-corrected chi connectivity index (χ2v) is 9.66. The molecular formula is C17H17BrN2O4S2. The van der Waals surface area contributed by atoms with Gasteiger partial charge in [-0.2, -0.15) is 0 Å². The molecule has 0 bridgehead atoms. The maximum atomic E-state index is 12.2. The van der Waals surface area contributed by atoms with Gasteiger partial charge in [-0.15, -0.1) is 0 Å². The summed E-state index contributed by atoms with van der Waals surface area (Å²) in [4.78, 5) is 4.55. The third kappa shape index (κ3) is 4.40. The first-order valence-corrected chi connectivity index (χ1v) is 10.9. The minimum Gasteiger partial charge on any atom is -0.493 e. The molecule has 0 spiro atoms. The van der Waals surface area contributed by atoms with Gasteiger partial charge in [0.1, 0.15) is 11.3 Å². The van der Waals surface area contributed by atoms with E-state index in [9.17, 15) is 8.42 Å². The number of ether oxygens (including phenoxy) is 1. The molecule has 0 amide bonds. The number of aromatic nitrogens is 1. The maximum absolute atomic E-state index is 12.2. The fourth-order valence-corrected chi connectivity index (χ4v) is 4.12. The lowest BCUT2D eigenvalue weighted by Gasteiger charge is -2.10. The van der Waals surface area contributed by atoms with Crippen molar-refractivity contribution in [2.24, 2.45) is 0 Å². The fourth-order valence-electron chi connectivity index (χ4n) is 2.16. The van der Waals surface area contributed by atoms with Gasteiger partial charge in [0, 0.05) is 24.3 Å². The highest BCUT2D eigenvalue weighted by Crippen LogP contribution is 2.26. The van der Waals surface area contributed by atoms with E-state index < -0.39 is 10.0 Å². The summed E-state index contributed by atoms with van der Waals surface area (Å²) in [5.74, 6) is 1.44. The second-order valence-electron chi connectivity index (χ2n) is 5.55. The standard InChI is InChI=1S/C17H17BrN2O4S2/c1-20(2)26(21,22)14-6-7-16-15(11-14)19-17(24-16)25-9-8-23-13-5-3-4-12(18)10-13/h3-7,10-11H,8-9H2,1-2H3. The number of hydrogen-bond donors (Lipinski definition) is 0. The Balaban J connectivity index is 1.64. The van der Waals surface area contributed by atoms with Crippen LogP contribution in [0.1, 0.15) is 0 Å². The minimum atomic E-state index is -3.49. The molecule has 0 fully saturated rings. The normalized spacial score (nSPS) is 12.0. The van der Waals surface area contributed by atoms with Crippen LogP contribution in [-0.4, -0.2) is 44.2 Å². The lowest BCUT2D eigenvalue weighted by molar-refractivity contribution is 0.343. The van der Waals surface area contributed by atoms with Crippen molar-refractivity contribution in [3.63, 3.8) is 0 Å². The predicted molar refractivity (Wildman–Crippen MR) is 105 cm³/mol. The lowest BCUT2D eigenvalue weighted by Crippen LogP contribution is -2.22. The van der Waals surface area contributed by atoms with Crippen LogP contribution in [0.2, 0.25) is 0 Å². The van der Waals surface area contributed by atoms with E-state index in [-0.39, 0.29) is 4.90 Å². The molecule has 26 heavy (non-hydrogen) atoms. The largest absolute Gasteiger partial charge is 0.493 e. The molecule has 0 saturated heterocycles. The molecule has 0 atom stereocenters. The molecule has 6 nitrogen and oxygen atoms in total. The lowest BCUT2D eigenvalue weighted by atomic mass is 10.3. The molecule has 2 aromatic carbocycles. The topological polar surface area (TPSA) is 72.6 Å². The van der Waals surface area contributed by atoms with Crippen LogP contribution in [0.25, 0.3) is 11.1 Å². The van der Waals surface area contributed by atoms with E-state index in [1.54, 1.807) is 6.07 Å². The van der Waals surface area contributed by atoms with Crippen LogP contribution in [0.15, 0.2) is 61.5 Å². The Morgan fingerprint density at radius 1 is 1.23 bits per heavy atom. The van der Waals surface area contributed by atoms with Crippen molar-refractivity contribution in [1.82, 2.24) is 9.29 Å². The first-order chi connectivity index (χ1) is 12.4. The first kappa shape index (κ1) is 19.2. The molecular weight excluding hydrogens is 440 g/mol. The van der Waals surface area contributed by atoms with Gasteiger partial charge in [-0.3, -0.25) is 0 Å². The van der Waals surface area contributed by atoms with Crippen molar-refractivity contribution in [3.05, 3.63) is 46.9 Å². The average molecular weight is 457 g/mol. The van der Waals surface area contributed by atoms with Crippen molar-refractivity contribution >= 4 is 48.8 Å². The van der Waals surface area contributed by atoms with Crippen molar-refractivity contribution in [2.75, 3.05) is 26.5 Å². The van der Waals surface area contributed by atoms with E-state index in [4.69, 9.17) is 9.15 Å². The van der Waals surface area contributed by atoms with Crippen LogP contribution in [0.5, 0.6) is 5.75 Å². The molecule has 0 aliphatic heterocycles. The molecule has 0 radical (unpaired) electrons. The summed E-state index contributed by atoms with van der Waals surface area (Å²) < 4.78 is 37.8. The summed E-state index contributed by atoms with van der Waals surface area (Å²) in [6.07, 6.45) is 0. The van der Waals surface area contributed by atoms with Gasteiger partial charge in [0.25, 0.3) is 5.22 Å². The summed E-state index contributed by atoms with van der Waals surface area (Å²) in [5.41, 5.74) is 1.07. The number of oxazole rings is 1. The van der Waals surface area contributed by atoms with Crippen molar-refractivity contribution < 1.29 is 17.6 Å². The van der Waals surface area contributed by atoms with E-state index in [1.165, 1.54) is 42.3 Å². The van der Waals surface area contributed by atoms with Gasteiger partial charge in [0.2, 0.25) is 10.0 Å². The monoisotopic (exact) mass is 456 g/mol. The Bertz CT molecular complexity index is 1020. The van der Waals surface area contributed by atoms with Crippen LogP contribution in [0.4, 0.5) is 0 Å². The Morgan fingerprint density at radius 2 is 2.04 bits per heavy atom. The van der Waals surface area contributed by atoms with E-state index in [0.717, 1.165) is 10.2 Å². The van der Waals surface area contributed by atoms with E-state index in [2.05, 4.69) is 20.9 Å². The van der Waals surface area contributed by atoms with Crippen LogP contribution in [0.3, 0.4) is 0 Å². The summed E-state index contributed by atoms with van der Waals surface area (Å²) in [6.45, 7) is 0.500. The maximum Gasteiger partial charge on any atom is 0.256 e. The highest BCUT2D eigenvalue weighted by atomic mass is 79.9. The van der Waals surface area contributed by atoms with E-state index in [0.29, 0.717) is 28.7 Å². The Labute approximate surface area is 164 Å². The number of nitrogens with zero attached hydrogens (tertiary/aromatic N) is 2. The number of sulfonamides is 1. The van der Waals surface area contributed by atoms with E-state index in [1.807, 2.05) is 24.3 Å². The third-order valence-electron chi connectivity index (χ3n) is 3.49. The molecule has 0 aliphatic carbocycles. The van der Waals surface area contributed by atoms with Gasteiger partial charge in [0.15, 0.2) is 5.58 Å². The zero-order valence-corrected chi connectivity index (χ0v) is 17.4. The molecule has 138 valence electrons. The summed E-state index contributed by atoms with van der Waals surface area (Å²) >= 11 is 4.81. The molecule has 0 unspecified atom stereocenters. The third-order valence-corrected chi connectivity index (χ3v) is 6.59. The van der Waals surface area contributed by atoms with Gasteiger partial charge in [-0.25, -0.2) is 17.7 Å². The molecule has 0 aliphatic rings. The Kier molecular flexibility index (Phi) is 5.91. The molecule has 9 heteroatoms. The SMILES string of the molecule is CN(C)S(=O)(=O)c1ccc2oc(SCCOc3cccc(Br)c3)nc2c1. The zero-order valence-electron chi connectivity index (χ0n) is 14.2. The fraction of sp³-hybridized carbons (Fsp3) is 0.235.